The molecule has 0 atom stereocenters. The van der Waals surface area contributed by atoms with Gasteiger partial charge in [0.05, 0.1) is 5.57 Å². The van der Waals surface area contributed by atoms with Gasteiger partial charge in [-0.05, 0) is 33.4 Å². The molecule has 0 heterocycles. The Balaban J connectivity index is 1.59. The van der Waals surface area contributed by atoms with E-state index in [9.17, 15) is 10.2 Å². The molecule has 0 fully saturated rings. The van der Waals surface area contributed by atoms with Crippen LogP contribution in [0.25, 0.3) is 27.8 Å². The molecule has 0 aromatic heterocycles. The van der Waals surface area contributed by atoms with Gasteiger partial charge in [-0.25, -0.2) is 0 Å². The second-order valence-electron chi connectivity index (χ2n) is 11.2. The summed E-state index contributed by atoms with van der Waals surface area (Å²) in [5.41, 5.74) is 10.2. The van der Waals surface area contributed by atoms with Crippen LogP contribution in [0.2, 0.25) is 0 Å². The van der Waals surface area contributed by atoms with Crippen molar-refractivity contribution in [3.05, 3.63) is 202 Å². The maximum absolute atomic E-state index is 13.4. The van der Waals surface area contributed by atoms with Crippen molar-refractivity contribution < 1.29 is 10.2 Å². The molecule has 0 amide bonds. The monoisotopic (exact) mass is 552 g/mol. The van der Waals surface area contributed by atoms with Crippen LogP contribution >= 0.6 is 0 Å². The number of hydrogen-bond acceptors (Lipinski definition) is 2. The fraction of sp³-hybridized carbons (Fsp3) is 0.0488. The first kappa shape index (κ1) is 25.5. The summed E-state index contributed by atoms with van der Waals surface area (Å²) < 4.78 is 0. The number of fused-ring (bicyclic) bond motifs is 6. The molecule has 43 heavy (non-hydrogen) atoms. The van der Waals surface area contributed by atoms with E-state index in [1.807, 2.05) is 158 Å². The third kappa shape index (κ3) is 3.62. The Hall–Kier alpha value is -5.24. The second kappa shape index (κ2) is 9.66. The maximum atomic E-state index is 13.4. The smallest absolute Gasteiger partial charge is 0.148 e. The van der Waals surface area contributed by atoms with Crippen LogP contribution in [0.1, 0.15) is 33.4 Å². The van der Waals surface area contributed by atoms with Crippen LogP contribution in [-0.4, -0.2) is 10.2 Å². The molecule has 6 aromatic rings. The lowest BCUT2D eigenvalue weighted by Crippen LogP contribution is -2.40. The first-order valence-corrected chi connectivity index (χ1v) is 14.6. The highest BCUT2D eigenvalue weighted by Gasteiger charge is 2.56. The predicted molar refractivity (Wildman–Crippen MR) is 172 cm³/mol. The molecule has 0 aliphatic heterocycles. The highest BCUT2D eigenvalue weighted by molar-refractivity contribution is 5.88. The number of hydrogen-bond donors (Lipinski definition) is 2. The van der Waals surface area contributed by atoms with Crippen molar-refractivity contribution >= 4 is 5.57 Å². The molecule has 0 unspecified atom stereocenters. The summed E-state index contributed by atoms with van der Waals surface area (Å²) in [5.74, 6) is 0. The first-order valence-electron chi connectivity index (χ1n) is 14.6. The zero-order valence-corrected chi connectivity index (χ0v) is 23.4. The Morgan fingerprint density at radius 1 is 0.372 bits per heavy atom. The average molecular weight is 553 g/mol. The van der Waals surface area contributed by atoms with Crippen LogP contribution in [0.15, 0.2) is 169 Å². The summed E-state index contributed by atoms with van der Waals surface area (Å²) >= 11 is 0. The lowest BCUT2D eigenvalue weighted by Gasteiger charge is -2.38. The summed E-state index contributed by atoms with van der Waals surface area (Å²) in [6, 6.07) is 52.0. The molecule has 0 radical (unpaired) electrons. The number of aliphatic hydroxyl groups is 2. The third-order valence-corrected chi connectivity index (χ3v) is 8.95. The van der Waals surface area contributed by atoms with Gasteiger partial charge in [0, 0.05) is 27.8 Å². The van der Waals surface area contributed by atoms with Crippen LogP contribution in [0.5, 0.6) is 0 Å². The van der Waals surface area contributed by atoms with Crippen molar-refractivity contribution in [1.82, 2.24) is 0 Å². The van der Waals surface area contributed by atoms with E-state index >= 15 is 0 Å². The van der Waals surface area contributed by atoms with Crippen LogP contribution < -0.4 is 0 Å². The van der Waals surface area contributed by atoms with Crippen LogP contribution in [0.3, 0.4) is 0 Å². The molecule has 0 spiro atoms. The fourth-order valence-corrected chi connectivity index (χ4v) is 7.05. The van der Waals surface area contributed by atoms with E-state index in [4.69, 9.17) is 0 Å². The molecule has 0 bridgehead atoms. The number of benzene rings is 6. The summed E-state index contributed by atoms with van der Waals surface area (Å²) in [6.45, 7) is 0. The molecule has 2 aliphatic carbocycles. The van der Waals surface area contributed by atoms with Crippen LogP contribution in [0, 0.1) is 0 Å². The minimum absolute atomic E-state index is 0.373. The molecule has 2 heteroatoms. The van der Waals surface area contributed by atoms with Gasteiger partial charge < -0.3 is 10.2 Å². The van der Waals surface area contributed by atoms with E-state index in [-0.39, 0.29) is 0 Å². The van der Waals surface area contributed by atoms with Gasteiger partial charge in [0.2, 0.25) is 0 Å². The van der Waals surface area contributed by atoms with Gasteiger partial charge >= 0.3 is 0 Å². The molecule has 2 N–H and O–H groups in total. The predicted octanol–water partition coefficient (Wildman–Crippen LogP) is 8.48. The van der Waals surface area contributed by atoms with E-state index in [2.05, 4.69) is 5.73 Å². The molecule has 2 aliphatic rings. The van der Waals surface area contributed by atoms with Crippen LogP contribution in [0.4, 0.5) is 0 Å². The van der Waals surface area contributed by atoms with E-state index < -0.39 is 11.2 Å². The quantitative estimate of drug-likeness (QED) is 0.215. The molecule has 8 rings (SSSR count). The lowest BCUT2D eigenvalue weighted by atomic mass is 9.71. The van der Waals surface area contributed by atoms with Gasteiger partial charge in [0.25, 0.3) is 0 Å². The van der Waals surface area contributed by atoms with Crippen molar-refractivity contribution in [2.24, 2.45) is 0 Å². The normalized spacial score (nSPS) is 14.6. The Bertz CT molecular complexity index is 1850. The van der Waals surface area contributed by atoms with Crippen molar-refractivity contribution in [2.45, 2.75) is 11.2 Å². The highest BCUT2D eigenvalue weighted by atomic mass is 16.3. The molecular formula is C41H28O2. The molecule has 0 saturated carbocycles. The average Bonchev–Trinajstić information content (AvgIpc) is 3.49. The van der Waals surface area contributed by atoms with Crippen molar-refractivity contribution in [3.8, 4) is 22.3 Å². The molecule has 0 saturated heterocycles. The second-order valence-corrected chi connectivity index (χ2v) is 11.2. The zero-order chi connectivity index (χ0) is 29.0. The summed E-state index contributed by atoms with van der Waals surface area (Å²) in [6.07, 6.45) is 0. The van der Waals surface area contributed by atoms with Gasteiger partial charge in [-0.15, -0.1) is 5.73 Å². The number of rotatable bonds is 4. The Morgan fingerprint density at radius 2 is 0.651 bits per heavy atom. The fourth-order valence-electron chi connectivity index (χ4n) is 7.05. The molecular weight excluding hydrogens is 524 g/mol. The Morgan fingerprint density at radius 3 is 0.977 bits per heavy atom. The third-order valence-electron chi connectivity index (χ3n) is 8.95. The summed E-state index contributed by atoms with van der Waals surface area (Å²) in [7, 11) is 0. The Kier molecular flexibility index (Phi) is 5.72. The molecule has 204 valence electrons. The van der Waals surface area contributed by atoms with Gasteiger partial charge in [0.15, 0.2) is 0 Å². The van der Waals surface area contributed by atoms with Crippen LogP contribution in [-0.2, 0) is 11.2 Å². The zero-order valence-electron chi connectivity index (χ0n) is 23.4. The van der Waals surface area contributed by atoms with E-state index in [1.54, 1.807) is 0 Å². The van der Waals surface area contributed by atoms with Gasteiger partial charge in [-0.3, -0.25) is 0 Å². The lowest BCUT2D eigenvalue weighted by molar-refractivity contribution is 0.0462. The summed E-state index contributed by atoms with van der Waals surface area (Å²) in [4.78, 5) is 0. The summed E-state index contributed by atoms with van der Waals surface area (Å²) in [5, 5.41) is 26.8. The van der Waals surface area contributed by atoms with Gasteiger partial charge in [0.1, 0.15) is 11.2 Å². The topological polar surface area (TPSA) is 40.5 Å². The minimum Gasteiger partial charge on any atom is -0.376 e. The van der Waals surface area contributed by atoms with E-state index in [0.717, 1.165) is 61.2 Å². The largest absolute Gasteiger partial charge is 0.376 e. The molecule has 6 aromatic carbocycles. The van der Waals surface area contributed by atoms with Crippen molar-refractivity contribution in [1.29, 1.82) is 0 Å². The highest BCUT2D eigenvalue weighted by Crippen LogP contribution is 2.60. The van der Waals surface area contributed by atoms with Crippen molar-refractivity contribution in [3.63, 3.8) is 0 Å². The van der Waals surface area contributed by atoms with Crippen molar-refractivity contribution in [2.75, 3.05) is 0 Å². The van der Waals surface area contributed by atoms with Gasteiger partial charge in [-0.2, -0.15) is 0 Å². The van der Waals surface area contributed by atoms with Gasteiger partial charge in [-0.1, -0.05) is 158 Å². The van der Waals surface area contributed by atoms with E-state index in [1.165, 1.54) is 0 Å². The standard InChI is InChI=1S/C41H28O2/c42-40(35-23-11-7-19-30(35)31-20-8-12-24-36(31)40)39(27-34(28-15-3-1-4-16-28)29-17-5-2-6-18-29)41(43)37-25-13-9-21-32(37)33-22-10-14-26-38(33)41/h1-26,42-43H. The molecule has 2 nitrogen and oxygen atoms in total. The SMILES string of the molecule is OC1(C(=C=C(c2ccccc2)c2ccccc2)C2(O)c3ccccc3-c3ccccc32)c2ccccc2-c2ccccc21. The van der Waals surface area contributed by atoms with E-state index in [0.29, 0.717) is 5.57 Å². The Labute approximate surface area is 251 Å². The first-order chi connectivity index (χ1) is 21.1. The maximum Gasteiger partial charge on any atom is 0.148 e. The minimum atomic E-state index is -1.68.